The van der Waals surface area contributed by atoms with E-state index in [0.29, 0.717) is 5.92 Å². The van der Waals surface area contributed by atoms with Crippen molar-refractivity contribution in [2.24, 2.45) is 0 Å². The summed E-state index contributed by atoms with van der Waals surface area (Å²) in [6.07, 6.45) is 11.4. The summed E-state index contributed by atoms with van der Waals surface area (Å²) >= 11 is 5.95. The highest BCUT2D eigenvalue weighted by Crippen LogP contribution is 2.21. The third-order valence-electron chi connectivity index (χ3n) is 2.80. The zero-order valence-electron chi connectivity index (χ0n) is 9.75. The highest BCUT2D eigenvalue weighted by Gasteiger charge is 2.10. The summed E-state index contributed by atoms with van der Waals surface area (Å²) in [7, 11) is 0. The van der Waals surface area contributed by atoms with Gasteiger partial charge in [-0.2, -0.15) is 0 Å². The average Bonchev–Trinajstić information content (AvgIpc) is 2.64. The first-order valence-corrected chi connectivity index (χ1v) is 6.29. The Morgan fingerprint density at radius 3 is 2.67 bits per heavy atom. The molecule has 86 valence electrons. The molecule has 1 heterocycles. The third-order valence-corrected chi connectivity index (χ3v) is 3.09. The first-order chi connectivity index (χ1) is 7.25. The largest absolute Gasteiger partial charge is 0.246 e. The summed E-state index contributed by atoms with van der Waals surface area (Å²) in [5.74, 6) is 1.46. The van der Waals surface area contributed by atoms with Gasteiger partial charge >= 0.3 is 0 Å². The minimum atomic E-state index is 0.471. The van der Waals surface area contributed by atoms with Gasteiger partial charge in [0.1, 0.15) is 5.82 Å². The van der Waals surface area contributed by atoms with Gasteiger partial charge in [-0.05, 0) is 6.42 Å². The molecule has 0 saturated heterocycles. The number of nitrogens with zero attached hydrogens (tertiary/aromatic N) is 2. The Balaban J connectivity index is 2.19. The molecule has 0 bridgehead atoms. The van der Waals surface area contributed by atoms with Crippen molar-refractivity contribution in [3.8, 4) is 0 Å². The third kappa shape index (κ3) is 4.25. The molecule has 1 rings (SSSR count). The van der Waals surface area contributed by atoms with E-state index >= 15 is 0 Å². The molecule has 2 nitrogen and oxygen atoms in total. The van der Waals surface area contributed by atoms with Crippen molar-refractivity contribution in [1.29, 1.82) is 0 Å². The second-order valence-corrected chi connectivity index (χ2v) is 4.56. The van der Waals surface area contributed by atoms with Gasteiger partial charge in [0.05, 0.1) is 0 Å². The molecule has 1 aromatic rings. The van der Waals surface area contributed by atoms with Gasteiger partial charge in [0.2, 0.25) is 0 Å². The topological polar surface area (TPSA) is 17.8 Å². The summed E-state index contributed by atoms with van der Waals surface area (Å²) < 4.78 is 1.61. The number of hydrogen-bond donors (Lipinski definition) is 0. The van der Waals surface area contributed by atoms with Crippen LogP contribution in [0.4, 0.5) is 0 Å². The fourth-order valence-electron chi connectivity index (χ4n) is 1.82. The van der Waals surface area contributed by atoms with Crippen molar-refractivity contribution in [2.45, 2.75) is 58.3 Å². The molecule has 0 aliphatic carbocycles. The van der Waals surface area contributed by atoms with Crippen LogP contribution >= 0.6 is 11.8 Å². The second kappa shape index (κ2) is 6.89. The zero-order chi connectivity index (χ0) is 11.1. The quantitative estimate of drug-likeness (QED) is 0.635. The van der Waals surface area contributed by atoms with Gasteiger partial charge in [0.15, 0.2) is 0 Å². The van der Waals surface area contributed by atoms with Gasteiger partial charge in [-0.25, -0.2) is 9.07 Å². The highest BCUT2D eigenvalue weighted by molar-refractivity contribution is 6.15. The van der Waals surface area contributed by atoms with E-state index in [9.17, 15) is 0 Å². The lowest BCUT2D eigenvalue weighted by atomic mass is 10.0. The number of hydrogen-bond acceptors (Lipinski definition) is 1. The lowest BCUT2D eigenvalue weighted by Gasteiger charge is -2.09. The van der Waals surface area contributed by atoms with Crippen molar-refractivity contribution < 1.29 is 0 Å². The molecule has 15 heavy (non-hydrogen) atoms. The minimum absolute atomic E-state index is 0.471. The number of imidazole rings is 1. The molecule has 0 radical (unpaired) electrons. The SMILES string of the molecule is CCCCCCCC(C)c1nccn1Cl. The maximum Gasteiger partial charge on any atom is 0.126 e. The van der Waals surface area contributed by atoms with Crippen LogP contribution in [-0.2, 0) is 0 Å². The highest BCUT2D eigenvalue weighted by atomic mass is 35.5. The van der Waals surface area contributed by atoms with E-state index in [-0.39, 0.29) is 0 Å². The van der Waals surface area contributed by atoms with E-state index in [2.05, 4.69) is 18.8 Å². The molecular weight excluding hydrogens is 208 g/mol. The predicted molar refractivity (Wildman–Crippen MR) is 65.3 cm³/mol. The Hall–Kier alpha value is -0.500. The van der Waals surface area contributed by atoms with Crippen LogP contribution in [0.25, 0.3) is 0 Å². The predicted octanol–water partition coefficient (Wildman–Crippen LogP) is 4.35. The summed E-state index contributed by atoms with van der Waals surface area (Å²) in [5.41, 5.74) is 0. The second-order valence-electron chi connectivity index (χ2n) is 4.20. The maximum absolute atomic E-state index is 5.95. The van der Waals surface area contributed by atoms with E-state index in [1.165, 1.54) is 38.5 Å². The average molecular weight is 229 g/mol. The summed E-state index contributed by atoms with van der Waals surface area (Å²) in [6, 6.07) is 0. The van der Waals surface area contributed by atoms with Gasteiger partial charge in [-0.1, -0.05) is 46.0 Å². The van der Waals surface area contributed by atoms with Gasteiger partial charge in [-0.3, -0.25) is 0 Å². The van der Waals surface area contributed by atoms with Gasteiger partial charge in [-0.15, -0.1) is 0 Å². The van der Waals surface area contributed by atoms with Crippen molar-refractivity contribution in [3.05, 3.63) is 18.2 Å². The van der Waals surface area contributed by atoms with Crippen LogP contribution in [0, 0.1) is 0 Å². The Kier molecular flexibility index (Phi) is 5.77. The van der Waals surface area contributed by atoms with Crippen molar-refractivity contribution in [2.75, 3.05) is 0 Å². The Labute approximate surface area is 97.8 Å². The van der Waals surface area contributed by atoms with Gasteiger partial charge in [0.25, 0.3) is 0 Å². The van der Waals surface area contributed by atoms with E-state index in [0.717, 1.165) is 5.82 Å². The summed E-state index contributed by atoms with van der Waals surface area (Å²) in [4.78, 5) is 4.26. The minimum Gasteiger partial charge on any atom is -0.246 e. The first kappa shape index (κ1) is 12.6. The van der Waals surface area contributed by atoms with Crippen LogP contribution in [0.2, 0.25) is 0 Å². The number of halogens is 1. The molecule has 0 aromatic carbocycles. The van der Waals surface area contributed by atoms with Crippen LogP contribution in [0.1, 0.15) is 64.1 Å². The van der Waals surface area contributed by atoms with Crippen LogP contribution in [0.3, 0.4) is 0 Å². The number of rotatable bonds is 7. The molecule has 0 spiro atoms. The first-order valence-electron chi connectivity index (χ1n) is 5.95. The number of unbranched alkanes of at least 4 members (excludes halogenated alkanes) is 4. The monoisotopic (exact) mass is 228 g/mol. The molecular formula is C12H21ClN2. The molecule has 1 unspecified atom stereocenters. The Morgan fingerprint density at radius 2 is 2.07 bits per heavy atom. The van der Waals surface area contributed by atoms with Crippen LogP contribution in [-0.4, -0.2) is 9.07 Å². The normalized spacial score (nSPS) is 13.0. The Morgan fingerprint density at radius 1 is 1.33 bits per heavy atom. The smallest absolute Gasteiger partial charge is 0.126 e. The summed E-state index contributed by atoms with van der Waals surface area (Å²) in [5, 5.41) is 0. The molecule has 0 fully saturated rings. The maximum atomic E-state index is 5.95. The van der Waals surface area contributed by atoms with Crippen molar-refractivity contribution in [3.63, 3.8) is 0 Å². The Bertz CT molecular complexity index is 270. The van der Waals surface area contributed by atoms with Crippen LogP contribution < -0.4 is 0 Å². The van der Waals surface area contributed by atoms with E-state index in [4.69, 9.17) is 11.8 Å². The fourth-order valence-corrected chi connectivity index (χ4v) is 2.08. The van der Waals surface area contributed by atoms with Crippen molar-refractivity contribution >= 4 is 11.8 Å². The fraction of sp³-hybridized carbons (Fsp3) is 0.750. The van der Waals surface area contributed by atoms with Crippen molar-refractivity contribution in [1.82, 2.24) is 9.07 Å². The van der Waals surface area contributed by atoms with E-state index in [1.54, 1.807) is 16.5 Å². The number of aromatic nitrogens is 2. The molecule has 0 saturated carbocycles. The lowest BCUT2D eigenvalue weighted by Crippen LogP contribution is -1.99. The molecule has 0 amide bonds. The standard InChI is InChI=1S/C12H21ClN2/c1-3-4-5-6-7-8-11(2)12-14-9-10-15(12)13/h9-11H,3-8H2,1-2H3. The molecule has 0 aliphatic heterocycles. The van der Waals surface area contributed by atoms with Crippen LogP contribution in [0.5, 0.6) is 0 Å². The summed E-state index contributed by atoms with van der Waals surface area (Å²) in [6.45, 7) is 4.44. The van der Waals surface area contributed by atoms with Gasteiger partial charge < -0.3 is 0 Å². The molecule has 0 N–H and O–H groups in total. The molecule has 0 aliphatic rings. The molecule has 3 heteroatoms. The van der Waals surface area contributed by atoms with Crippen LogP contribution in [0.15, 0.2) is 12.4 Å². The lowest BCUT2D eigenvalue weighted by molar-refractivity contribution is 0.552. The molecule has 1 aromatic heterocycles. The van der Waals surface area contributed by atoms with E-state index < -0.39 is 0 Å². The van der Waals surface area contributed by atoms with Gasteiger partial charge in [0, 0.05) is 30.1 Å². The zero-order valence-corrected chi connectivity index (χ0v) is 10.5. The van der Waals surface area contributed by atoms with E-state index in [1.807, 2.05) is 0 Å². The molecule has 1 atom stereocenters.